The van der Waals surface area contributed by atoms with Crippen molar-refractivity contribution in [2.45, 2.75) is 37.8 Å². The van der Waals surface area contributed by atoms with Crippen molar-refractivity contribution in [1.29, 1.82) is 0 Å². The summed E-state index contributed by atoms with van der Waals surface area (Å²) in [6.45, 7) is 0. The molecule has 2 N–H and O–H groups in total. The molecule has 35 heavy (non-hydrogen) atoms. The van der Waals surface area contributed by atoms with Crippen molar-refractivity contribution in [3.8, 4) is 5.69 Å². The van der Waals surface area contributed by atoms with E-state index < -0.39 is 0 Å². The zero-order valence-corrected chi connectivity index (χ0v) is 20.3. The van der Waals surface area contributed by atoms with Crippen LogP contribution in [0.15, 0.2) is 71.9 Å². The first-order chi connectivity index (χ1) is 17.0. The summed E-state index contributed by atoms with van der Waals surface area (Å²) >= 11 is 7.48. The van der Waals surface area contributed by atoms with Gasteiger partial charge >= 0.3 is 0 Å². The summed E-state index contributed by atoms with van der Waals surface area (Å²) in [4.78, 5) is 42.4. The number of hydrogen-bond donors (Lipinski definition) is 2. The normalized spacial score (nSPS) is 17.7. The molecule has 2 heterocycles. The van der Waals surface area contributed by atoms with Crippen molar-refractivity contribution < 1.29 is 9.59 Å². The average molecular weight is 507 g/mol. The highest BCUT2D eigenvalue weighted by Gasteiger charge is 2.29. The van der Waals surface area contributed by atoms with Gasteiger partial charge in [-0.3, -0.25) is 23.9 Å². The molecule has 1 unspecified atom stereocenters. The van der Waals surface area contributed by atoms with Crippen LogP contribution < -0.4 is 16.2 Å². The van der Waals surface area contributed by atoms with Crippen molar-refractivity contribution in [2.75, 3.05) is 0 Å². The molecule has 0 saturated heterocycles. The van der Waals surface area contributed by atoms with Gasteiger partial charge in [0, 0.05) is 45.5 Å². The number of thiophene rings is 1. The van der Waals surface area contributed by atoms with Gasteiger partial charge in [-0.25, -0.2) is 0 Å². The summed E-state index contributed by atoms with van der Waals surface area (Å²) in [6, 6.07) is 14.0. The van der Waals surface area contributed by atoms with E-state index in [1.54, 1.807) is 30.5 Å². The van der Waals surface area contributed by atoms with E-state index in [4.69, 9.17) is 11.6 Å². The minimum atomic E-state index is -0.243. The molecule has 0 radical (unpaired) electrons. The number of hydrogen-bond acceptors (Lipinski definition) is 5. The molecular formula is C26H23ClN4O3S. The van der Waals surface area contributed by atoms with Crippen LogP contribution in [0.4, 0.5) is 0 Å². The van der Waals surface area contributed by atoms with Gasteiger partial charge in [-0.15, -0.1) is 11.3 Å². The SMILES string of the molecule is O=C(N[C@H]1CCCCC1NC(=O)c1cc2ccc(Cl)cc2s1)c1ccc(-n2ccncc2=O)cc1. The maximum absolute atomic E-state index is 13.0. The number of rotatable bonds is 5. The average Bonchev–Trinajstić information content (AvgIpc) is 3.29. The van der Waals surface area contributed by atoms with Gasteiger partial charge in [0.1, 0.15) is 0 Å². The van der Waals surface area contributed by atoms with Crippen LogP contribution in [-0.4, -0.2) is 33.4 Å². The number of halogens is 1. The molecule has 0 spiro atoms. The van der Waals surface area contributed by atoms with Gasteiger partial charge < -0.3 is 10.6 Å². The van der Waals surface area contributed by atoms with Gasteiger partial charge in [-0.05, 0) is 60.7 Å². The third-order valence-corrected chi connectivity index (χ3v) is 7.57. The fraction of sp³-hybridized carbons (Fsp3) is 0.231. The minimum absolute atomic E-state index is 0.138. The Morgan fingerprint density at radius 1 is 0.971 bits per heavy atom. The van der Waals surface area contributed by atoms with Crippen LogP contribution in [0.25, 0.3) is 15.8 Å². The smallest absolute Gasteiger partial charge is 0.273 e. The van der Waals surface area contributed by atoms with Crippen LogP contribution in [0, 0.1) is 0 Å². The fourth-order valence-corrected chi connectivity index (χ4v) is 5.66. The monoisotopic (exact) mass is 506 g/mol. The van der Waals surface area contributed by atoms with Gasteiger partial charge in [0.2, 0.25) is 0 Å². The molecule has 1 aliphatic rings. The number of benzene rings is 2. The first-order valence-electron chi connectivity index (χ1n) is 11.4. The Morgan fingerprint density at radius 3 is 2.40 bits per heavy atom. The summed E-state index contributed by atoms with van der Waals surface area (Å²) < 4.78 is 2.43. The van der Waals surface area contributed by atoms with E-state index in [-0.39, 0.29) is 29.5 Å². The number of fused-ring (bicyclic) bond motifs is 1. The Labute approximate surface area is 210 Å². The van der Waals surface area contributed by atoms with Crippen LogP contribution in [-0.2, 0) is 0 Å². The standard InChI is InChI=1S/C26H23ClN4O3S/c27-18-8-5-17-13-23(35-22(17)14-18)26(34)30-21-4-2-1-3-20(21)29-25(33)16-6-9-19(10-7-16)31-12-11-28-15-24(31)32/h5-15,20-21H,1-4H2,(H,29,33)(H,30,34)/t20-,21?/m0/s1. The molecule has 2 atom stereocenters. The lowest BCUT2D eigenvalue weighted by atomic mass is 9.90. The highest BCUT2D eigenvalue weighted by Crippen LogP contribution is 2.29. The first-order valence-corrected chi connectivity index (χ1v) is 12.6. The number of aromatic nitrogens is 2. The number of carbonyl (C=O) groups excluding carboxylic acids is 2. The summed E-state index contributed by atoms with van der Waals surface area (Å²) in [5, 5.41) is 7.86. The molecule has 5 rings (SSSR count). The largest absolute Gasteiger partial charge is 0.347 e. The van der Waals surface area contributed by atoms with Gasteiger partial charge in [0.05, 0.1) is 11.1 Å². The van der Waals surface area contributed by atoms with Crippen LogP contribution in [0.5, 0.6) is 0 Å². The van der Waals surface area contributed by atoms with Crippen molar-refractivity contribution in [3.05, 3.63) is 92.9 Å². The van der Waals surface area contributed by atoms with Gasteiger partial charge in [-0.2, -0.15) is 0 Å². The molecule has 9 heteroatoms. The Morgan fingerprint density at radius 2 is 1.69 bits per heavy atom. The molecule has 2 amide bonds. The topological polar surface area (TPSA) is 93.1 Å². The summed E-state index contributed by atoms with van der Waals surface area (Å²) in [6.07, 6.45) is 7.94. The second-order valence-corrected chi connectivity index (χ2v) is 10.1. The van der Waals surface area contributed by atoms with E-state index in [9.17, 15) is 14.4 Å². The third-order valence-electron chi connectivity index (χ3n) is 6.24. The van der Waals surface area contributed by atoms with Crippen LogP contribution >= 0.6 is 22.9 Å². The van der Waals surface area contributed by atoms with Crippen LogP contribution in [0.2, 0.25) is 5.02 Å². The number of carbonyl (C=O) groups is 2. The minimum Gasteiger partial charge on any atom is -0.347 e. The molecule has 0 bridgehead atoms. The molecule has 2 aromatic carbocycles. The molecule has 7 nitrogen and oxygen atoms in total. The van der Waals surface area contributed by atoms with E-state index in [2.05, 4.69) is 15.6 Å². The Hall–Kier alpha value is -3.49. The zero-order chi connectivity index (χ0) is 24.4. The summed E-state index contributed by atoms with van der Waals surface area (Å²) in [5.74, 6) is -0.345. The molecule has 1 saturated carbocycles. The lowest BCUT2D eigenvalue weighted by Crippen LogP contribution is -2.53. The van der Waals surface area contributed by atoms with Crippen LogP contribution in [0.3, 0.4) is 0 Å². The Kier molecular flexibility index (Phi) is 6.66. The maximum Gasteiger partial charge on any atom is 0.273 e. The van der Waals surface area contributed by atoms with Crippen molar-refractivity contribution >= 4 is 44.8 Å². The molecule has 1 aliphatic carbocycles. The van der Waals surface area contributed by atoms with Gasteiger partial charge in [0.15, 0.2) is 0 Å². The summed E-state index contributed by atoms with van der Waals surface area (Å²) in [7, 11) is 0. The van der Waals surface area contributed by atoms with Gasteiger partial charge in [0.25, 0.3) is 17.4 Å². The number of nitrogens with zero attached hydrogens (tertiary/aromatic N) is 2. The fourth-order valence-electron chi connectivity index (χ4n) is 4.42. The summed E-state index contributed by atoms with van der Waals surface area (Å²) in [5.41, 5.74) is 0.904. The van der Waals surface area contributed by atoms with Crippen molar-refractivity contribution in [1.82, 2.24) is 20.2 Å². The molecule has 178 valence electrons. The van der Waals surface area contributed by atoms with E-state index in [1.165, 1.54) is 28.3 Å². The van der Waals surface area contributed by atoms with E-state index in [1.807, 2.05) is 24.3 Å². The van der Waals surface area contributed by atoms with Crippen molar-refractivity contribution in [2.24, 2.45) is 0 Å². The number of nitrogens with one attached hydrogen (secondary N) is 2. The third kappa shape index (κ3) is 5.13. The molecule has 0 aliphatic heterocycles. The maximum atomic E-state index is 13.0. The predicted molar refractivity (Wildman–Crippen MR) is 138 cm³/mol. The lowest BCUT2D eigenvalue weighted by Gasteiger charge is -2.32. The lowest BCUT2D eigenvalue weighted by molar-refractivity contribution is 0.0865. The highest BCUT2D eigenvalue weighted by atomic mass is 35.5. The molecular weight excluding hydrogens is 484 g/mol. The highest BCUT2D eigenvalue weighted by molar-refractivity contribution is 7.20. The second-order valence-electron chi connectivity index (χ2n) is 8.57. The second kappa shape index (κ2) is 10.0. The van der Waals surface area contributed by atoms with Crippen LogP contribution in [0.1, 0.15) is 45.7 Å². The molecule has 1 fully saturated rings. The first kappa shape index (κ1) is 23.3. The predicted octanol–water partition coefficient (Wildman–Crippen LogP) is 4.57. The van der Waals surface area contributed by atoms with E-state index >= 15 is 0 Å². The van der Waals surface area contributed by atoms with E-state index in [0.717, 1.165) is 35.8 Å². The number of amides is 2. The Bertz CT molecular complexity index is 1450. The quantitative estimate of drug-likeness (QED) is 0.414. The Balaban J connectivity index is 1.27. The van der Waals surface area contributed by atoms with E-state index in [0.29, 0.717) is 21.2 Å². The molecule has 2 aromatic heterocycles. The van der Waals surface area contributed by atoms with Gasteiger partial charge in [-0.1, -0.05) is 30.5 Å². The van der Waals surface area contributed by atoms with Crippen molar-refractivity contribution in [3.63, 3.8) is 0 Å². The zero-order valence-electron chi connectivity index (χ0n) is 18.7. The molecule has 4 aromatic rings.